The Morgan fingerprint density at radius 2 is 1.83 bits per heavy atom. The van der Waals surface area contributed by atoms with E-state index in [2.05, 4.69) is 5.32 Å². The first kappa shape index (κ1) is 19.3. The van der Waals surface area contributed by atoms with E-state index in [0.717, 1.165) is 35.5 Å². The average molecular weight is 394 g/mol. The SMILES string of the molecule is Cc1ccc(C(=O)N2CCCC(C(=O)NCc3ccc4c(c3)OCCO4)C2)cc1. The number of rotatable bonds is 4. The lowest BCUT2D eigenvalue weighted by Crippen LogP contribution is -2.45. The number of fused-ring (bicyclic) bond motifs is 1. The van der Waals surface area contributed by atoms with Crippen molar-refractivity contribution >= 4 is 11.8 Å². The Morgan fingerprint density at radius 1 is 1.07 bits per heavy atom. The molecule has 0 radical (unpaired) electrons. The molecule has 4 rings (SSSR count). The standard InChI is InChI=1S/C23H26N2O4/c1-16-4-7-18(8-5-16)23(27)25-10-2-3-19(15-25)22(26)24-14-17-6-9-20-21(13-17)29-12-11-28-20/h4-9,13,19H,2-3,10-12,14-15H2,1H3,(H,24,26). The Labute approximate surface area is 170 Å². The van der Waals surface area contributed by atoms with Crippen molar-refractivity contribution < 1.29 is 19.1 Å². The molecule has 2 aromatic rings. The molecule has 0 saturated carbocycles. The van der Waals surface area contributed by atoms with Crippen LogP contribution in [0.5, 0.6) is 11.5 Å². The van der Waals surface area contributed by atoms with Gasteiger partial charge in [-0.3, -0.25) is 9.59 Å². The third-order valence-corrected chi connectivity index (χ3v) is 5.45. The van der Waals surface area contributed by atoms with E-state index in [-0.39, 0.29) is 17.7 Å². The number of nitrogens with zero attached hydrogens (tertiary/aromatic N) is 1. The number of aryl methyl sites for hydroxylation is 1. The Balaban J connectivity index is 1.34. The van der Waals surface area contributed by atoms with Crippen molar-refractivity contribution in [3.05, 3.63) is 59.2 Å². The van der Waals surface area contributed by atoms with Gasteiger partial charge in [-0.05, 0) is 49.6 Å². The summed E-state index contributed by atoms with van der Waals surface area (Å²) >= 11 is 0. The van der Waals surface area contributed by atoms with Crippen molar-refractivity contribution in [1.29, 1.82) is 0 Å². The van der Waals surface area contributed by atoms with Crippen LogP contribution >= 0.6 is 0 Å². The molecule has 1 unspecified atom stereocenters. The minimum Gasteiger partial charge on any atom is -0.486 e. The number of amides is 2. The normalized spacial score (nSPS) is 18.2. The minimum atomic E-state index is -0.185. The Morgan fingerprint density at radius 3 is 2.62 bits per heavy atom. The molecule has 0 bridgehead atoms. The van der Waals surface area contributed by atoms with Gasteiger partial charge < -0.3 is 19.7 Å². The van der Waals surface area contributed by atoms with Gasteiger partial charge in [0.25, 0.3) is 5.91 Å². The van der Waals surface area contributed by atoms with Gasteiger partial charge in [-0.15, -0.1) is 0 Å². The largest absolute Gasteiger partial charge is 0.486 e. The van der Waals surface area contributed by atoms with Gasteiger partial charge in [0.05, 0.1) is 5.92 Å². The molecule has 1 fully saturated rings. The van der Waals surface area contributed by atoms with Crippen LogP contribution in [0.1, 0.15) is 34.3 Å². The van der Waals surface area contributed by atoms with Crippen LogP contribution in [0.25, 0.3) is 0 Å². The summed E-state index contributed by atoms with van der Waals surface area (Å²) in [7, 11) is 0. The quantitative estimate of drug-likeness (QED) is 0.866. The Kier molecular flexibility index (Phi) is 5.69. The molecule has 6 heteroatoms. The molecule has 29 heavy (non-hydrogen) atoms. The lowest BCUT2D eigenvalue weighted by molar-refractivity contribution is -0.126. The second-order valence-corrected chi connectivity index (χ2v) is 7.65. The van der Waals surface area contributed by atoms with E-state index in [9.17, 15) is 9.59 Å². The van der Waals surface area contributed by atoms with Crippen LogP contribution in [0.4, 0.5) is 0 Å². The van der Waals surface area contributed by atoms with Gasteiger partial charge >= 0.3 is 0 Å². The summed E-state index contributed by atoms with van der Waals surface area (Å²) in [5.41, 5.74) is 2.76. The minimum absolute atomic E-state index is 0.00524. The number of likely N-dealkylation sites (tertiary alicyclic amines) is 1. The molecule has 1 N–H and O–H groups in total. The first-order chi connectivity index (χ1) is 14.1. The maximum absolute atomic E-state index is 12.8. The van der Waals surface area contributed by atoms with E-state index in [1.54, 1.807) is 4.90 Å². The number of nitrogens with one attached hydrogen (secondary N) is 1. The molecule has 1 atom stereocenters. The Hall–Kier alpha value is -3.02. The first-order valence-electron chi connectivity index (χ1n) is 10.1. The third-order valence-electron chi connectivity index (χ3n) is 5.45. The fourth-order valence-electron chi connectivity index (χ4n) is 3.79. The van der Waals surface area contributed by atoms with Gasteiger partial charge in [-0.2, -0.15) is 0 Å². The average Bonchev–Trinajstić information content (AvgIpc) is 2.77. The molecule has 0 aromatic heterocycles. The highest BCUT2D eigenvalue weighted by atomic mass is 16.6. The van der Waals surface area contributed by atoms with Gasteiger partial charge in [0, 0.05) is 25.2 Å². The molecule has 0 aliphatic carbocycles. The number of hydrogen-bond acceptors (Lipinski definition) is 4. The van der Waals surface area contributed by atoms with Crippen LogP contribution in [-0.4, -0.2) is 43.0 Å². The van der Waals surface area contributed by atoms with Crippen molar-refractivity contribution in [1.82, 2.24) is 10.2 Å². The summed E-state index contributed by atoms with van der Waals surface area (Å²) in [6.45, 7) is 4.67. The topological polar surface area (TPSA) is 67.9 Å². The summed E-state index contributed by atoms with van der Waals surface area (Å²) in [4.78, 5) is 27.3. The van der Waals surface area contributed by atoms with E-state index in [1.165, 1.54) is 0 Å². The molecular formula is C23H26N2O4. The number of carbonyl (C=O) groups excluding carboxylic acids is 2. The second kappa shape index (κ2) is 8.55. The number of piperidine rings is 1. The summed E-state index contributed by atoms with van der Waals surface area (Å²) in [6, 6.07) is 13.3. The van der Waals surface area contributed by atoms with Crippen LogP contribution in [0.3, 0.4) is 0 Å². The van der Waals surface area contributed by atoms with E-state index < -0.39 is 0 Å². The monoisotopic (exact) mass is 394 g/mol. The van der Waals surface area contributed by atoms with Crippen molar-refractivity contribution in [2.24, 2.45) is 5.92 Å². The number of carbonyl (C=O) groups is 2. The fraction of sp³-hybridized carbons (Fsp3) is 0.391. The van der Waals surface area contributed by atoms with Crippen LogP contribution in [0, 0.1) is 12.8 Å². The molecule has 2 amide bonds. The predicted molar refractivity (Wildman–Crippen MR) is 109 cm³/mol. The van der Waals surface area contributed by atoms with E-state index in [4.69, 9.17) is 9.47 Å². The van der Waals surface area contributed by atoms with Crippen molar-refractivity contribution in [2.45, 2.75) is 26.3 Å². The van der Waals surface area contributed by atoms with Gasteiger partial charge in [0.1, 0.15) is 13.2 Å². The van der Waals surface area contributed by atoms with Gasteiger partial charge in [-0.25, -0.2) is 0 Å². The van der Waals surface area contributed by atoms with Gasteiger partial charge in [0.2, 0.25) is 5.91 Å². The molecule has 2 aliphatic heterocycles. The maximum Gasteiger partial charge on any atom is 0.253 e. The predicted octanol–water partition coefficient (Wildman–Crippen LogP) is 2.93. The highest BCUT2D eigenvalue weighted by Crippen LogP contribution is 2.30. The summed E-state index contributed by atoms with van der Waals surface area (Å²) < 4.78 is 11.1. The van der Waals surface area contributed by atoms with E-state index >= 15 is 0 Å². The third kappa shape index (κ3) is 4.53. The van der Waals surface area contributed by atoms with Crippen LogP contribution < -0.4 is 14.8 Å². The zero-order chi connectivity index (χ0) is 20.2. The highest BCUT2D eigenvalue weighted by molar-refractivity contribution is 5.94. The summed E-state index contributed by atoms with van der Waals surface area (Å²) in [6.07, 6.45) is 1.63. The van der Waals surface area contributed by atoms with Crippen molar-refractivity contribution in [3.8, 4) is 11.5 Å². The molecule has 2 aromatic carbocycles. The Bertz CT molecular complexity index is 894. The van der Waals surface area contributed by atoms with Gasteiger partial charge in [0.15, 0.2) is 11.5 Å². The van der Waals surface area contributed by atoms with Crippen molar-refractivity contribution in [3.63, 3.8) is 0 Å². The summed E-state index contributed by atoms with van der Waals surface area (Å²) in [5.74, 6) is 1.25. The summed E-state index contributed by atoms with van der Waals surface area (Å²) in [5, 5.41) is 3.01. The molecule has 0 spiro atoms. The number of hydrogen-bond donors (Lipinski definition) is 1. The second-order valence-electron chi connectivity index (χ2n) is 7.65. The molecule has 1 saturated heterocycles. The highest BCUT2D eigenvalue weighted by Gasteiger charge is 2.28. The number of benzene rings is 2. The lowest BCUT2D eigenvalue weighted by Gasteiger charge is -2.32. The van der Waals surface area contributed by atoms with E-state index in [1.807, 2.05) is 49.4 Å². The number of ether oxygens (including phenoxy) is 2. The van der Waals surface area contributed by atoms with Crippen LogP contribution in [0.15, 0.2) is 42.5 Å². The van der Waals surface area contributed by atoms with Crippen LogP contribution in [-0.2, 0) is 11.3 Å². The van der Waals surface area contributed by atoms with Crippen molar-refractivity contribution in [2.75, 3.05) is 26.3 Å². The zero-order valence-corrected chi connectivity index (χ0v) is 16.6. The smallest absolute Gasteiger partial charge is 0.253 e. The molecule has 2 heterocycles. The maximum atomic E-state index is 12.8. The molecule has 2 aliphatic rings. The fourth-order valence-corrected chi connectivity index (χ4v) is 3.79. The first-order valence-corrected chi connectivity index (χ1v) is 10.1. The molecule has 6 nitrogen and oxygen atoms in total. The molecular weight excluding hydrogens is 368 g/mol. The zero-order valence-electron chi connectivity index (χ0n) is 16.6. The lowest BCUT2D eigenvalue weighted by atomic mass is 9.96. The van der Waals surface area contributed by atoms with Gasteiger partial charge in [-0.1, -0.05) is 23.8 Å². The molecule has 152 valence electrons. The van der Waals surface area contributed by atoms with Crippen LogP contribution in [0.2, 0.25) is 0 Å². The van der Waals surface area contributed by atoms with E-state index in [0.29, 0.717) is 38.4 Å².